The Kier molecular flexibility index (Phi) is 3.41. The quantitative estimate of drug-likeness (QED) is 0.582. The second kappa shape index (κ2) is 4.20. The van der Waals surface area contributed by atoms with Crippen molar-refractivity contribution in [1.29, 1.82) is 0 Å². The first-order valence-electron chi connectivity index (χ1n) is 3.74. The first-order chi connectivity index (χ1) is 6.38. The molecule has 1 aromatic heterocycles. The summed E-state index contributed by atoms with van der Waals surface area (Å²) in [7, 11) is -3.47. The first kappa shape index (κ1) is 11.4. The molecule has 0 saturated heterocycles. The average Bonchev–Trinajstić information content (AvgIpc) is 2.02. The van der Waals surface area contributed by atoms with E-state index in [4.69, 9.17) is 15.8 Å². The zero-order chi connectivity index (χ0) is 10.8. The molecule has 14 heavy (non-hydrogen) atoms. The molecule has 0 aliphatic carbocycles. The minimum atomic E-state index is -3.47. The smallest absolute Gasteiger partial charge is 0.262 e. The Labute approximate surface area is 87.2 Å². The number of halogens is 1. The van der Waals surface area contributed by atoms with Gasteiger partial charge in [0.15, 0.2) is 0 Å². The van der Waals surface area contributed by atoms with E-state index in [1.165, 1.54) is 12.4 Å². The minimum Gasteiger partial charge on any atom is -0.262 e. The molecular weight excluding hydrogens is 228 g/mol. The Hall–Kier alpha value is -0.720. The van der Waals surface area contributed by atoms with Crippen molar-refractivity contribution >= 4 is 21.7 Å². The zero-order valence-corrected chi connectivity index (χ0v) is 9.21. The van der Waals surface area contributed by atoms with Crippen LogP contribution in [0.4, 0.5) is 0 Å². The van der Waals surface area contributed by atoms with Crippen LogP contribution in [0.2, 0.25) is 5.28 Å². The predicted molar refractivity (Wildman–Crippen MR) is 51.4 cm³/mol. The van der Waals surface area contributed by atoms with E-state index < -0.39 is 16.2 Å². The van der Waals surface area contributed by atoms with Crippen LogP contribution in [-0.2, 0) is 14.3 Å². The first-order valence-corrected chi connectivity index (χ1v) is 5.93. The number of nitrogens with zero attached hydrogens (tertiary/aromatic N) is 2. The van der Waals surface area contributed by atoms with Gasteiger partial charge in [-0.3, -0.25) is 4.18 Å². The fourth-order valence-corrected chi connectivity index (χ4v) is 1.58. The lowest BCUT2D eigenvalue weighted by atomic mass is 10.2. The van der Waals surface area contributed by atoms with Crippen molar-refractivity contribution in [2.75, 3.05) is 6.26 Å². The summed E-state index contributed by atoms with van der Waals surface area (Å²) in [5.74, 6) is 0. The fourth-order valence-electron chi connectivity index (χ4n) is 0.850. The number of hydrogen-bond donors (Lipinski definition) is 0. The van der Waals surface area contributed by atoms with Gasteiger partial charge in [0.1, 0.15) is 6.10 Å². The lowest BCUT2D eigenvalue weighted by molar-refractivity contribution is 0.236. The highest BCUT2D eigenvalue weighted by molar-refractivity contribution is 7.86. The van der Waals surface area contributed by atoms with Crippen LogP contribution in [0.5, 0.6) is 0 Å². The SMILES string of the molecule is CC(OS(C)(=O)=O)c1cnc(Cl)nc1. The molecule has 1 heterocycles. The second-order valence-corrected chi connectivity index (χ2v) is 4.67. The summed E-state index contributed by atoms with van der Waals surface area (Å²) in [5, 5.41) is 0.111. The maximum atomic E-state index is 10.8. The topological polar surface area (TPSA) is 69.2 Å². The van der Waals surface area contributed by atoms with Gasteiger partial charge in [-0.05, 0) is 18.5 Å². The molecule has 1 atom stereocenters. The third kappa shape index (κ3) is 3.57. The van der Waals surface area contributed by atoms with Gasteiger partial charge in [-0.1, -0.05) is 0 Å². The summed E-state index contributed by atoms with van der Waals surface area (Å²) >= 11 is 5.47. The molecule has 5 nitrogen and oxygen atoms in total. The molecule has 1 unspecified atom stereocenters. The van der Waals surface area contributed by atoms with Crippen LogP contribution in [-0.4, -0.2) is 24.6 Å². The van der Waals surface area contributed by atoms with Crippen LogP contribution in [0, 0.1) is 0 Å². The van der Waals surface area contributed by atoms with E-state index in [1.54, 1.807) is 6.92 Å². The van der Waals surface area contributed by atoms with E-state index in [-0.39, 0.29) is 5.28 Å². The van der Waals surface area contributed by atoms with Gasteiger partial charge in [-0.15, -0.1) is 0 Å². The van der Waals surface area contributed by atoms with Crippen molar-refractivity contribution in [1.82, 2.24) is 9.97 Å². The van der Waals surface area contributed by atoms with Crippen LogP contribution < -0.4 is 0 Å². The summed E-state index contributed by atoms with van der Waals surface area (Å²) in [4.78, 5) is 7.42. The minimum absolute atomic E-state index is 0.111. The van der Waals surface area contributed by atoms with Crippen molar-refractivity contribution in [3.05, 3.63) is 23.2 Å². The van der Waals surface area contributed by atoms with Gasteiger partial charge >= 0.3 is 0 Å². The Morgan fingerprint density at radius 2 is 1.93 bits per heavy atom. The largest absolute Gasteiger partial charge is 0.264 e. The van der Waals surface area contributed by atoms with Crippen molar-refractivity contribution < 1.29 is 12.6 Å². The van der Waals surface area contributed by atoms with E-state index in [0.29, 0.717) is 5.56 Å². The molecule has 0 fully saturated rings. The molecule has 0 amide bonds. The molecular formula is C7H9ClN2O3S. The monoisotopic (exact) mass is 236 g/mol. The molecule has 0 radical (unpaired) electrons. The summed E-state index contributed by atoms with van der Waals surface area (Å²) in [5.41, 5.74) is 0.555. The number of hydrogen-bond acceptors (Lipinski definition) is 5. The number of aromatic nitrogens is 2. The summed E-state index contributed by atoms with van der Waals surface area (Å²) in [6, 6.07) is 0. The van der Waals surface area contributed by atoms with Crippen LogP contribution in [0.3, 0.4) is 0 Å². The normalized spacial score (nSPS) is 13.9. The summed E-state index contributed by atoms with van der Waals surface area (Å²) < 4.78 is 26.3. The highest BCUT2D eigenvalue weighted by Gasteiger charge is 2.13. The van der Waals surface area contributed by atoms with Crippen LogP contribution in [0.15, 0.2) is 12.4 Å². The lowest BCUT2D eigenvalue weighted by Gasteiger charge is -2.09. The van der Waals surface area contributed by atoms with Crippen molar-refractivity contribution in [3.8, 4) is 0 Å². The van der Waals surface area contributed by atoms with Gasteiger partial charge in [0.25, 0.3) is 10.1 Å². The Balaban J connectivity index is 2.80. The van der Waals surface area contributed by atoms with E-state index in [1.807, 2.05) is 0 Å². The lowest BCUT2D eigenvalue weighted by Crippen LogP contribution is -2.08. The Morgan fingerprint density at radius 1 is 1.43 bits per heavy atom. The summed E-state index contributed by atoms with van der Waals surface area (Å²) in [6.45, 7) is 1.59. The molecule has 0 aromatic carbocycles. The number of rotatable bonds is 3. The van der Waals surface area contributed by atoms with Crippen molar-refractivity contribution in [3.63, 3.8) is 0 Å². The third-order valence-corrected chi connectivity index (χ3v) is 2.26. The Bertz CT molecular complexity index is 403. The van der Waals surface area contributed by atoms with E-state index >= 15 is 0 Å². The van der Waals surface area contributed by atoms with E-state index in [9.17, 15) is 8.42 Å². The van der Waals surface area contributed by atoms with Gasteiger partial charge in [-0.2, -0.15) is 8.42 Å². The van der Waals surface area contributed by atoms with Gasteiger partial charge in [0.05, 0.1) is 6.26 Å². The molecule has 0 aliphatic heterocycles. The van der Waals surface area contributed by atoms with Gasteiger partial charge < -0.3 is 0 Å². The molecule has 0 saturated carbocycles. The molecule has 0 spiro atoms. The van der Waals surface area contributed by atoms with Gasteiger partial charge in [0.2, 0.25) is 5.28 Å². The van der Waals surface area contributed by atoms with E-state index in [0.717, 1.165) is 6.26 Å². The molecule has 0 aliphatic rings. The van der Waals surface area contributed by atoms with Crippen LogP contribution >= 0.6 is 11.6 Å². The zero-order valence-electron chi connectivity index (χ0n) is 7.64. The fraction of sp³-hybridized carbons (Fsp3) is 0.429. The molecule has 1 rings (SSSR count). The van der Waals surface area contributed by atoms with Gasteiger partial charge in [0, 0.05) is 18.0 Å². The highest BCUT2D eigenvalue weighted by Crippen LogP contribution is 2.17. The molecule has 78 valence electrons. The van der Waals surface area contributed by atoms with Crippen molar-refractivity contribution in [2.24, 2.45) is 0 Å². The molecule has 0 N–H and O–H groups in total. The molecule has 1 aromatic rings. The average molecular weight is 237 g/mol. The van der Waals surface area contributed by atoms with Gasteiger partial charge in [-0.25, -0.2) is 9.97 Å². The highest BCUT2D eigenvalue weighted by atomic mass is 35.5. The third-order valence-electron chi connectivity index (χ3n) is 1.43. The molecule has 7 heteroatoms. The van der Waals surface area contributed by atoms with Crippen molar-refractivity contribution in [2.45, 2.75) is 13.0 Å². The standard InChI is InChI=1S/C7H9ClN2O3S/c1-5(13-14(2,11)12)6-3-9-7(8)10-4-6/h3-5H,1-2H3. The molecule has 0 bridgehead atoms. The maximum Gasteiger partial charge on any atom is 0.264 e. The van der Waals surface area contributed by atoms with Crippen LogP contribution in [0.1, 0.15) is 18.6 Å². The second-order valence-electron chi connectivity index (χ2n) is 2.73. The van der Waals surface area contributed by atoms with E-state index in [2.05, 4.69) is 9.97 Å². The Morgan fingerprint density at radius 3 is 2.36 bits per heavy atom. The maximum absolute atomic E-state index is 10.8. The summed E-state index contributed by atoms with van der Waals surface area (Å²) in [6.07, 6.45) is 3.22. The van der Waals surface area contributed by atoms with Crippen LogP contribution in [0.25, 0.3) is 0 Å². The predicted octanol–water partition coefficient (Wildman–Crippen LogP) is 1.17.